The van der Waals surface area contributed by atoms with Crippen LogP contribution in [0.1, 0.15) is 19.8 Å². The van der Waals surface area contributed by atoms with Gasteiger partial charge in [-0.15, -0.1) is 0 Å². The summed E-state index contributed by atoms with van der Waals surface area (Å²) in [5.41, 5.74) is 0. The maximum absolute atomic E-state index is 12.3. The smallest absolute Gasteiger partial charge is 0.227 e. The highest BCUT2D eigenvalue weighted by atomic mass is 16.5. The third-order valence-corrected chi connectivity index (χ3v) is 3.92. The Balaban J connectivity index is 1.92. The third-order valence-electron chi connectivity index (χ3n) is 3.92. The lowest BCUT2D eigenvalue weighted by atomic mass is 9.95. The molecule has 0 aromatic rings. The van der Waals surface area contributed by atoms with Gasteiger partial charge in [-0.05, 0) is 25.3 Å². The van der Waals surface area contributed by atoms with E-state index in [9.17, 15) is 4.79 Å². The molecule has 2 heterocycles. The maximum Gasteiger partial charge on any atom is 0.227 e. The summed E-state index contributed by atoms with van der Waals surface area (Å²) in [7, 11) is 1.95. The molecule has 1 N–H and O–H groups in total. The molecule has 2 atom stereocenters. The average molecular weight is 226 g/mol. The van der Waals surface area contributed by atoms with Crippen LogP contribution in [0.4, 0.5) is 0 Å². The molecule has 4 nitrogen and oxygen atoms in total. The van der Waals surface area contributed by atoms with Gasteiger partial charge in [0.2, 0.25) is 5.91 Å². The van der Waals surface area contributed by atoms with Crippen LogP contribution in [-0.4, -0.2) is 50.2 Å². The van der Waals surface area contributed by atoms with Crippen molar-refractivity contribution in [3.8, 4) is 0 Å². The Morgan fingerprint density at radius 1 is 1.31 bits per heavy atom. The number of hydrogen-bond acceptors (Lipinski definition) is 3. The largest absolute Gasteiger partial charge is 0.381 e. The van der Waals surface area contributed by atoms with Crippen LogP contribution in [0.15, 0.2) is 0 Å². The summed E-state index contributed by atoms with van der Waals surface area (Å²) >= 11 is 0. The van der Waals surface area contributed by atoms with Crippen LogP contribution < -0.4 is 5.32 Å². The molecule has 2 fully saturated rings. The monoisotopic (exact) mass is 226 g/mol. The summed E-state index contributed by atoms with van der Waals surface area (Å²) in [6.45, 7) is 5.55. The van der Waals surface area contributed by atoms with E-state index in [2.05, 4.69) is 12.2 Å². The predicted octanol–water partition coefficient (Wildman–Crippen LogP) is 0.479. The molecule has 2 aliphatic heterocycles. The van der Waals surface area contributed by atoms with Gasteiger partial charge in [0.15, 0.2) is 0 Å². The Bertz CT molecular complexity index is 251. The van der Waals surface area contributed by atoms with Gasteiger partial charge in [-0.25, -0.2) is 0 Å². The lowest BCUT2D eigenvalue weighted by Crippen LogP contribution is -2.44. The van der Waals surface area contributed by atoms with Crippen LogP contribution in [0.5, 0.6) is 0 Å². The molecular weight excluding hydrogens is 204 g/mol. The van der Waals surface area contributed by atoms with Crippen LogP contribution in [0.25, 0.3) is 0 Å². The van der Waals surface area contributed by atoms with Crippen molar-refractivity contribution in [2.45, 2.75) is 25.8 Å². The molecule has 2 unspecified atom stereocenters. The minimum absolute atomic E-state index is 0.174. The number of carbonyl (C=O) groups is 1. The number of carbonyl (C=O) groups excluding carboxylic acids is 1. The zero-order chi connectivity index (χ0) is 11.5. The van der Waals surface area contributed by atoms with Crippen LogP contribution >= 0.6 is 0 Å². The molecule has 92 valence electrons. The second kappa shape index (κ2) is 5.15. The van der Waals surface area contributed by atoms with Gasteiger partial charge in [0.25, 0.3) is 0 Å². The first-order valence-corrected chi connectivity index (χ1v) is 6.25. The lowest BCUT2D eigenvalue weighted by Gasteiger charge is -2.33. The summed E-state index contributed by atoms with van der Waals surface area (Å²) in [6.07, 6.45) is 1.97. The second-order valence-electron chi connectivity index (χ2n) is 5.03. The third kappa shape index (κ3) is 2.38. The number of nitrogens with one attached hydrogen (secondary N) is 1. The van der Waals surface area contributed by atoms with E-state index in [0.29, 0.717) is 17.9 Å². The van der Waals surface area contributed by atoms with Gasteiger partial charge >= 0.3 is 0 Å². The summed E-state index contributed by atoms with van der Waals surface area (Å²) in [6, 6.07) is 0.383. The van der Waals surface area contributed by atoms with Crippen molar-refractivity contribution in [2.75, 3.05) is 33.4 Å². The van der Waals surface area contributed by atoms with Gasteiger partial charge < -0.3 is 15.0 Å². The zero-order valence-electron chi connectivity index (χ0n) is 10.2. The molecule has 16 heavy (non-hydrogen) atoms. The van der Waals surface area contributed by atoms with E-state index < -0.39 is 0 Å². The second-order valence-corrected chi connectivity index (χ2v) is 5.03. The fourth-order valence-corrected chi connectivity index (χ4v) is 2.65. The summed E-state index contributed by atoms with van der Waals surface area (Å²) in [4.78, 5) is 14.3. The Hall–Kier alpha value is -0.610. The average Bonchev–Trinajstić information content (AvgIpc) is 2.75. The van der Waals surface area contributed by atoms with Crippen LogP contribution in [0, 0.1) is 11.8 Å². The standard InChI is InChI=1S/C12H22N2O2/c1-9-7-13-8-11(9)12(15)14(2)10-3-5-16-6-4-10/h9-11,13H,3-8H2,1-2H3. The molecule has 2 aliphatic rings. The summed E-state index contributed by atoms with van der Waals surface area (Å²) in [5.74, 6) is 0.951. The topological polar surface area (TPSA) is 41.6 Å². The molecule has 0 radical (unpaired) electrons. The van der Waals surface area contributed by atoms with Crippen LogP contribution in [-0.2, 0) is 9.53 Å². The van der Waals surface area contributed by atoms with E-state index in [0.717, 1.165) is 39.1 Å². The zero-order valence-corrected chi connectivity index (χ0v) is 10.2. The van der Waals surface area contributed by atoms with Gasteiger partial charge in [0.1, 0.15) is 0 Å². The fourth-order valence-electron chi connectivity index (χ4n) is 2.65. The minimum atomic E-state index is 0.174. The van der Waals surface area contributed by atoms with Crippen molar-refractivity contribution in [1.82, 2.24) is 10.2 Å². The van der Waals surface area contributed by atoms with E-state index >= 15 is 0 Å². The predicted molar refractivity (Wildman–Crippen MR) is 62.1 cm³/mol. The highest BCUT2D eigenvalue weighted by Crippen LogP contribution is 2.21. The number of hydrogen-bond donors (Lipinski definition) is 1. The first-order chi connectivity index (χ1) is 7.70. The molecule has 0 aliphatic carbocycles. The maximum atomic E-state index is 12.3. The Kier molecular flexibility index (Phi) is 3.82. The number of ether oxygens (including phenoxy) is 1. The molecule has 2 rings (SSSR count). The first-order valence-electron chi connectivity index (χ1n) is 6.25. The van der Waals surface area contributed by atoms with E-state index in [1.165, 1.54) is 0 Å². The number of rotatable bonds is 2. The number of nitrogens with zero attached hydrogens (tertiary/aromatic N) is 1. The van der Waals surface area contributed by atoms with Gasteiger partial charge in [0.05, 0.1) is 5.92 Å². The minimum Gasteiger partial charge on any atom is -0.381 e. The summed E-state index contributed by atoms with van der Waals surface area (Å²) in [5, 5.41) is 3.29. The van der Waals surface area contributed by atoms with Gasteiger partial charge in [0, 0.05) is 32.8 Å². The van der Waals surface area contributed by atoms with Gasteiger partial charge in [-0.2, -0.15) is 0 Å². The molecule has 0 aromatic heterocycles. The van der Waals surface area contributed by atoms with E-state index in [1.807, 2.05) is 11.9 Å². The van der Waals surface area contributed by atoms with E-state index in [-0.39, 0.29) is 5.92 Å². The van der Waals surface area contributed by atoms with Crippen molar-refractivity contribution in [1.29, 1.82) is 0 Å². The molecular formula is C12H22N2O2. The van der Waals surface area contributed by atoms with Crippen molar-refractivity contribution in [3.63, 3.8) is 0 Å². The quantitative estimate of drug-likeness (QED) is 0.744. The molecule has 0 spiro atoms. The van der Waals surface area contributed by atoms with Crippen molar-refractivity contribution < 1.29 is 9.53 Å². The molecule has 0 aromatic carbocycles. The van der Waals surface area contributed by atoms with E-state index in [4.69, 9.17) is 4.74 Å². The fraction of sp³-hybridized carbons (Fsp3) is 0.917. The SMILES string of the molecule is CC1CNCC1C(=O)N(C)C1CCOCC1. The van der Waals surface area contributed by atoms with Crippen LogP contribution in [0.3, 0.4) is 0 Å². The summed E-state index contributed by atoms with van der Waals surface area (Å²) < 4.78 is 5.33. The molecule has 0 bridgehead atoms. The highest BCUT2D eigenvalue weighted by molar-refractivity contribution is 5.79. The van der Waals surface area contributed by atoms with Crippen molar-refractivity contribution >= 4 is 5.91 Å². The molecule has 4 heteroatoms. The van der Waals surface area contributed by atoms with Gasteiger partial charge in [-0.1, -0.05) is 6.92 Å². The van der Waals surface area contributed by atoms with Crippen molar-refractivity contribution in [3.05, 3.63) is 0 Å². The lowest BCUT2D eigenvalue weighted by molar-refractivity contribution is -0.138. The normalized spacial score (nSPS) is 31.6. The van der Waals surface area contributed by atoms with Gasteiger partial charge in [-0.3, -0.25) is 4.79 Å². The Labute approximate surface area is 97.3 Å². The van der Waals surface area contributed by atoms with E-state index in [1.54, 1.807) is 0 Å². The molecule has 2 saturated heterocycles. The van der Waals surface area contributed by atoms with Crippen molar-refractivity contribution in [2.24, 2.45) is 11.8 Å². The number of amides is 1. The Morgan fingerprint density at radius 2 is 2.00 bits per heavy atom. The highest BCUT2D eigenvalue weighted by Gasteiger charge is 2.34. The molecule has 0 saturated carbocycles. The van der Waals surface area contributed by atoms with Crippen LogP contribution in [0.2, 0.25) is 0 Å². The Morgan fingerprint density at radius 3 is 2.56 bits per heavy atom. The molecule has 1 amide bonds. The first kappa shape index (κ1) is 11.9.